The lowest BCUT2D eigenvalue weighted by atomic mass is 9.90. The molecular weight excluding hydrogens is 340 g/mol. The molecule has 3 heterocycles. The van der Waals surface area contributed by atoms with Crippen LogP contribution in [0, 0.1) is 5.92 Å². The van der Waals surface area contributed by atoms with Crippen LogP contribution < -0.4 is 4.90 Å². The van der Waals surface area contributed by atoms with Crippen molar-refractivity contribution in [2.24, 2.45) is 13.0 Å². The third-order valence-electron chi connectivity index (χ3n) is 5.58. The maximum Gasteiger partial charge on any atom is 0.338 e. The minimum atomic E-state index is -0.992. The second kappa shape index (κ2) is 7.39. The van der Waals surface area contributed by atoms with Crippen molar-refractivity contribution in [1.82, 2.24) is 14.5 Å². The first-order chi connectivity index (χ1) is 13.1. The van der Waals surface area contributed by atoms with Crippen molar-refractivity contribution in [1.29, 1.82) is 0 Å². The summed E-state index contributed by atoms with van der Waals surface area (Å²) < 4.78 is 2.21. The molecule has 1 aliphatic heterocycles. The molecular formula is C21H24N4O2. The molecule has 1 saturated heterocycles. The molecule has 0 spiro atoms. The van der Waals surface area contributed by atoms with Crippen LogP contribution in [-0.4, -0.2) is 38.7 Å². The van der Waals surface area contributed by atoms with Gasteiger partial charge in [0, 0.05) is 49.6 Å². The quantitative estimate of drug-likeness (QED) is 0.750. The first-order valence-electron chi connectivity index (χ1n) is 9.45. The van der Waals surface area contributed by atoms with Gasteiger partial charge >= 0.3 is 5.97 Å². The molecule has 3 aromatic rings. The van der Waals surface area contributed by atoms with Crippen LogP contribution in [0.2, 0.25) is 0 Å². The maximum absolute atomic E-state index is 10.9. The van der Waals surface area contributed by atoms with E-state index in [1.54, 1.807) is 0 Å². The van der Waals surface area contributed by atoms with E-state index in [0.717, 1.165) is 32.4 Å². The average molecular weight is 364 g/mol. The Morgan fingerprint density at radius 2 is 1.89 bits per heavy atom. The molecule has 6 nitrogen and oxygen atoms in total. The Morgan fingerprint density at radius 1 is 1.19 bits per heavy atom. The summed E-state index contributed by atoms with van der Waals surface area (Å²) in [6.45, 7) is 1.85. The fourth-order valence-electron chi connectivity index (χ4n) is 4.00. The zero-order valence-corrected chi connectivity index (χ0v) is 15.5. The highest BCUT2D eigenvalue weighted by Crippen LogP contribution is 2.27. The van der Waals surface area contributed by atoms with Gasteiger partial charge in [0.2, 0.25) is 5.95 Å². The molecule has 0 bridgehead atoms. The number of carbonyl (C=O) groups is 1. The largest absolute Gasteiger partial charge is 0.478 e. The minimum Gasteiger partial charge on any atom is -0.478 e. The summed E-state index contributed by atoms with van der Waals surface area (Å²) in [5.74, 6) is 0.347. The fourth-order valence-corrected chi connectivity index (χ4v) is 4.00. The topological polar surface area (TPSA) is 71.2 Å². The van der Waals surface area contributed by atoms with Crippen LogP contribution in [0.3, 0.4) is 0 Å². The normalized spacial score (nSPS) is 15.4. The molecule has 0 saturated carbocycles. The summed E-state index contributed by atoms with van der Waals surface area (Å²) in [6, 6.07) is 8.59. The molecule has 1 aliphatic rings. The number of fused-ring (bicyclic) bond motifs is 1. The number of carboxylic acid groups (broad SMARTS) is 1. The second-order valence-electron chi connectivity index (χ2n) is 7.33. The predicted molar refractivity (Wildman–Crippen MR) is 105 cm³/mol. The van der Waals surface area contributed by atoms with Gasteiger partial charge in [0.1, 0.15) is 0 Å². The van der Waals surface area contributed by atoms with E-state index in [4.69, 9.17) is 5.11 Å². The number of carboxylic acids is 1. The van der Waals surface area contributed by atoms with E-state index in [2.05, 4.69) is 56.9 Å². The van der Waals surface area contributed by atoms with Crippen molar-refractivity contribution in [3.8, 4) is 0 Å². The van der Waals surface area contributed by atoms with E-state index in [9.17, 15) is 4.79 Å². The van der Waals surface area contributed by atoms with Gasteiger partial charge < -0.3 is 14.6 Å². The molecule has 1 fully saturated rings. The zero-order chi connectivity index (χ0) is 18.8. The van der Waals surface area contributed by atoms with Gasteiger partial charge in [-0.05, 0) is 43.2 Å². The van der Waals surface area contributed by atoms with Gasteiger partial charge in [-0.25, -0.2) is 14.8 Å². The molecule has 6 heteroatoms. The van der Waals surface area contributed by atoms with Crippen LogP contribution in [0.5, 0.6) is 0 Å². The molecule has 0 radical (unpaired) electrons. The van der Waals surface area contributed by atoms with Crippen molar-refractivity contribution < 1.29 is 9.90 Å². The molecule has 0 aliphatic carbocycles. The molecule has 0 atom stereocenters. The molecule has 140 valence electrons. The molecule has 2 aromatic heterocycles. The lowest BCUT2D eigenvalue weighted by molar-refractivity contribution is 0.0696. The first kappa shape index (κ1) is 17.5. The van der Waals surface area contributed by atoms with Gasteiger partial charge in [-0.1, -0.05) is 18.2 Å². The highest BCUT2D eigenvalue weighted by Gasteiger charge is 2.21. The summed E-state index contributed by atoms with van der Waals surface area (Å²) in [5.41, 5.74) is 2.86. The molecule has 4 rings (SSSR count). The Bertz CT molecular complexity index is 940. The first-order valence-corrected chi connectivity index (χ1v) is 9.45. The molecule has 0 amide bonds. The lowest BCUT2D eigenvalue weighted by Crippen LogP contribution is -2.35. The number of piperidine rings is 1. The standard InChI is InChI=1S/C21H24N4O2/c1-24-14-16(18-4-2-3-5-19(18)24)7-6-15-8-10-25(11-9-15)21-22-12-17(13-23-21)20(26)27/h2-5,12-15H,6-11H2,1H3,(H,26,27). The highest BCUT2D eigenvalue weighted by molar-refractivity contribution is 5.86. The predicted octanol–water partition coefficient (Wildman–Crippen LogP) is 3.52. The van der Waals surface area contributed by atoms with Crippen LogP contribution in [0.25, 0.3) is 10.9 Å². The number of aryl methyl sites for hydroxylation is 2. The average Bonchev–Trinajstić information content (AvgIpc) is 3.03. The van der Waals surface area contributed by atoms with Gasteiger partial charge in [0.15, 0.2) is 0 Å². The van der Waals surface area contributed by atoms with Crippen molar-refractivity contribution in [3.05, 3.63) is 54.0 Å². The van der Waals surface area contributed by atoms with Crippen molar-refractivity contribution in [2.75, 3.05) is 18.0 Å². The minimum absolute atomic E-state index is 0.128. The van der Waals surface area contributed by atoms with Crippen molar-refractivity contribution in [2.45, 2.75) is 25.7 Å². The van der Waals surface area contributed by atoms with Gasteiger partial charge in [0.25, 0.3) is 0 Å². The molecule has 0 unspecified atom stereocenters. The van der Waals surface area contributed by atoms with E-state index in [-0.39, 0.29) is 5.56 Å². The monoisotopic (exact) mass is 364 g/mol. The lowest BCUT2D eigenvalue weighted by Gasteiger charge is -2.32. The van der Waals surface area contributed by atoms with E-state index in [1.807, 2.05) is 0 Å². The van der Waals surface area contributed by atoms with Gasteiger partial charge in [-0.15, -0.1) is 0 Å². The Kier molecular flexibility index (Phi) is 4.79. The summed E-state index contributed by atoms with van der Waals surface area (Å²) in [4.78, 5) is 21.5. The number of rotatable bonds is 5. The summed E-state index contributed by atoms with van der Waals surface area (Å²) in [5, 5.41) is 10.3. The van der Waals surface area contributed by atoms with Gasteiger partial charge in [-0.3, -0.25) is 0 Å². The zero-order valence-electron chi connectivity index (χ0n) is 15.5. The van der Waals surface area contributed by atoms with Crippen molar-refractivity contribution >= 4 is 22.8 Å². The summed E-state index contributed by atoms with van der Waals surface area (Å²) in [7, 11) is 2.11. The van der Waals surface area contributed by atoms with E-state index >= 15 is 0 Å². The Hall–Kier alpha value is -2.89. The number of anilines is 1. The number of aromatic nitrogens is 3. The van der Waals surface area contributed by atoms with Crippen LogP contribution in [-0.2, 0) is 13.5 Å². The fraction of sp³-hybridized carbons (Fsp3) is 0.381. The molecule has 27 heavy (non-hydrogen) atoms. The number of nitrogens with zero attached hydrogens (tertiary/aromatic N) is 4. The Labute approximate surface area is 158 Å². The molecule has 1 N–H and O–H groups in total. The van der Waals surface area contributed by atoms with E-state index < -0.39 is 5.97 Å². The van der Waals surface area contributed by atoms with E-state index in [1.165, 1.54) is 35.3 Å². The Morgan fingerprint density at radius 3 is 2.59 bits per heavy atom. The van der Waals surface area contributed by atoms with Crippen LogP contribution in [0.1, 0.15) is 35.2 Å². The number of benzene rings is 1. The van der Waals surface area contributed by atoms with E-state index in [0.29, 0.717) is 11.9 Å². The number of hydrogen-bond donors (Lipinski definition) is 1. The van der Waals surface area contributed by atoms with Crippen LogP contribution in [0.15, 0.2) is 42.9 Å². The SMILES string of the molecule is Cn1cc(CCC2CCN(c3ncc(C(=O)O)cn3)CC2)c2ccccc21. The van der Waals surface area contributed by atoms with Crippen LogP contribution in [0.4, 0.5) is 5.95 Å². The van der Waals surface area contributed by atoms with Crippen molar-refractivity contribution in [3.63, 3.8) is 0 Å². The summed E-state index contributed by atoms with van der Waals surface area (Å²) >= 11 is 0. The maximum atomic E-state index is 10.9. The third kappa shape index (κ3) is 3.65. The Balaban J connectivity index is 1.33. The van der Waals surface area contributed by atoms with Crippen LogP contribution >= 0.6 is 0 Å². The number of hydrogen-bond acceptors (Lipinski definition) is 4. The second-order valence-corrected chi connectivity index (χ2v) is 7.33. The van der Waals surface area contributed by atoms with Gasteiger partial charge in [-0.2, -0.15) is 0 Å². The highest BCUT2D eigenvalue weighted by atomic mass is 16.4. The van der Waals surface area contributed by atoms with Gasteiger partial charge in [0.05, 0.1) is 5.56 Å². The number of para-hydroxylation sites is 1. The smallest absolute Gasteiger partial charge is 0.338 e. The summed E-state index contributed by atoms with van der Waals surface area (Å²) in [6.07, 6.45) is 9.58. The third-order valence-corrected chi connectivity index (χ3v) is 5.58. The molecule has 1 aromatic carbocycles. The number of aromatic carboxylic acids is 1.